The summed E-state index contributed by atoms with van der Waals surface area (Å²) in [6, 6.07) is 2.87. The highest BCUT2D eigenvalue weighted by atomic mass is 79.9. The highest BCUT2D eigenvalue weighted by molar-refractivity contribution is 9.10. The number of thioether (sulfide) groups is 1. The molecule has 0 spiro atoms. The lowest BCUT2D eigenvalue weighted by atomic mass is 9.99. The fourth-order valence-corrected chi connectivity index (χ4v) is 5.04. The maximum Gasteiger partial charge on any atom is 0.0314 e. The van der Waals surface area contributed by atoms with Gasteiger partial charge in [-0.2, -0.15) is 11.8 Å². The Kier molecular flexibility index (Phi) is 4.55. The van der Waals surface area contributed by atoms with E-state index in [1.54, 1.807) is 0 Å². The summed E-state index contributed by atoms with van der Waals surface area (Å²) in [5.74, 6) is 3.40. The third-order valence-corrected chi connectivity index (χ3v) is 6.01. The lowest BCUT2D eigenvalue weighted by Gasteiger charge is -2.18. The van der Waals surface area contributed by atoms with Crippen molar-refractivity contribution in [3.63, 3.8) is 0 Å². The lowest BCUT2D eigenvalue weighted by molar-refractivity contribution is 0.435. The minimum absolute atomic E-state index is 0.717. The Morgan fingerprint density at radius 3 is 3.07 bits per heavy atom. The molecule has 1 aromatic rings. The van der Waals surface area contributed by atoms with Crippen molar-refractivity contribution < 1.29 is 0 Å². The van der Waals surface area contributed by atoms with E-state index in [1.807, 2.05) is 11.3 Å². The molecule has 0 aliphatic carbocycles. The number of halogens is 1. The Labute approximate surface area is 108 Å². The number of nitrogens with one attached hydrogen (secondary N) is 1. The van der Waals surface area contributed by atoms with E-state index in [0.29, 0.717) is 6.04 Å². The smallest absolute Gasteiger partial charge is 0.0314 e. The summed E-state index contributed by atoms with van der Waals surface area (Å²) < 4.78 is 1.29. The van der Waals surface area contributed by atoms with E-state index >= 15 is 0 Å². The van der Waals surface area contributed by atoms with Gasteiger partial charge in [0, 0.05) is 21.1 Å². The van der Waals surface area contributed by atoms with Crippen LogP contribution in [0.5, 0.6) is 0 Å². The van der Waals surface area contributed by atoms with Crippen molar-refractivity contribution in [2.24, 2.45) is 5.92 Å². The lowest BCUT2D eigenvalue weighted by Crippen LogP contribution is -2.36. The van der Waals surface area contributed by atoms with Crippen molar-refractivity contribution in [3.05, 3.63) is 20.8 Å². The molecule has 0 radical (unpaired) electrons. The Bertz CT molecular complexity index is 313. The standard InChI is InChI=1S/C11H16BrNS2/c1-2-13-10-7-14-6-8(10)5-11-9(12)3-4-15-11/h3-4,8,10,13H,2,5-7H2,1H3. The fourth-order valence-electron chi connectivity index (χ4n) is 2.00. The van der Waals surface area contributed by atoms with E-state index in [1.165, 1.54) is 27.3 Å². The van der Waals surface area contributed by atoms with Crippen molar-refractivity contribution in [2.75, 3.05) is 18.1 Å². The first kappa shape index (κ1) is 12.0. The molecule has 84 valence electrons. The zero-order valence-corrected chi connectivity index (χ0v) is 12.1. The molecule has 0 aromatic carbocycles. The maximum atomic E-state index is 3.62. The van der Waals surface area contributed by atoms with Crippen LogP contribution in [-0.2, 0) is 6.42 Å². The van der Waals surface area contributed by atoms with Crippen LogP contribution in [0.15, 0.2) is 15.9 Å². The SMILES string of the molecule is CCNC1CSCC1Cc1sccc1Br. The van der Waals surface area contributed by atoms with Crippen molar-refractivity contribution in [2.45, 2.75) is 19.4 Å². The van der Waals surface area contributed by atoms with Gasteiger partial charge >= 0.3 is 0 Å². The number of hydrogen-bond donors (Lipinski definition) is 1. The minimum atomic E-state index is 0.717. The van der Waals surface area contributed by atoms with Crippen molar-refractivity contribution >= 4 is 39.0 Å². The van der Waals surface area contributed by atoms with E-state index < -0.39 is 0 Å². The van der Waals surface area contributed by atoms with Gasteiger partial charge in [0.2, 0.25) is 0 Å². The Morgan fingerprint density at radius 1 is 1.53 bits per heavy atom. The molecule has 2 heterocycles. The van der Waals surface area contributed by atoms with Crippen LogP contribution in [0.3, 0.4) is 0 Å². The molecule has 0 amide bonds. The van der Waals surface area contributed by atoms with Gasteiger partial charge in [-0.25, -0.2) is 0 Å². The summed E-state index contributed by atoms with van der Waals surface area (Å²) >= 11 is 7.57. The molecule has 1 saturated heterocycles. The fraction of sp³-hybridized carbons (Fsp3) is 0.636. The van der Waals surface area contributed by atoms with Crippen molar-refractivity contribution in [3.8, 4) is 0 Å². The normalized spacial score (nSPS) is 26.0. The zero-order chi connectivity index (χ0) is 10.7. The predicted molar refractivity (Wildman–Crippen MR) is 74.0 cm³/mol. The molecular formula is C11H16BrNS2. The van der Waals surface area contributed by atoms with Gasteiger partial charge in [0.1, 0.15) is 0 Å². The molecule has 2 atom stereocenters. The van der Waals surface area contributed by atoms with Gasteiger partial charge in [0.05, 0.1) is 0 Å². The molecule has 1 aliphatic heterocycles. The summed E-state index contributed by atoms with van der Waals surface area (Å²) in [7, 11) is 0. The van der Waals surface area contributed by atoms with Crippen LogP contribution in [0.2, 0.25) is 0 Å². The van der Waals surface area contributed by atoms with Crippen LogP contribution in [-0.4, -0.2) is 24.1 Å². The van der Waals surface area contributed by atoms with Gasteiger partial charge < -0.3 is 5.32 Å². The molecule has 1 fully saturated rings. The molecule has 2 unspecified atom stereocenters. The van der Waals surface area contributed by atoms with Gasteiger partial charge in [0.25, 0.3) is 0 Å². The molecule has 1 N–H and O–H groups in total. The second-order valence-corrected chi connectivity index (χ2v) is 6.79. The monoisotopic (exact) mass is 305 g/mol. The van der Waals surface area contributed by atoms with Gasteiger partial charge in [-0.3, -0.25) is 0 Å². The third kappa shape index (κ3) is 2.99. The Morgan fingerprint density at radius 2 is 2.40 bits per heavy atom. The zero-order valence-electron chi connectivity index (χ0n) is 8.83. The van der Waals surface area contributed by atoms with Crippen LogP contribution in [0.4, 0.5) is 0 Å². The first-order valence-corrected chi connectivity index (χ1v) is 8.17. The minimum Gasteiger partial charge on any atom is -0.313 e. The first-order chi connectivity index (χ1) is 7.31. The molecule has 4 heteroatoms. The summed E-state index contributed by atoms with van der Waals surface area (Å²) in [5.41, 5.74) is 0. The topological polar surface area (TPSA) is 12.0 Å². The van der Waals surface area contributed by atoms with E-state index in [9.17, 15) is 0 Å². The molecule has 1 aromatic heterocycles. The molecule has 0 bridgehead atoms. The third-order valence-electron chi connectivity index (χ3n) is 2.80. The molecule has 2 rings (SSSR count). The summed E-state index contributed by atoms with van der Waals surface area (Å²) in [6.07, 6.45) is 1.23. The van der Waals surface area contributed by atoms with Crippen molar-refractivity contribution in [1.82, 2.24) is 5.32 Å². The maximum absolute atomic E-state index is 3.62. The van der Waals surface area contributed by atoms with Crippen LogP contribution in [0.25, 0.3) is 0 Å². The van der Waals surface area contributed by atoms with Crippen molar-refractivity contribution in [1.29, 1.82) is 0 Å². The summed E-state index contributed by atoms with van der Waals surface area (Å²) in [4.78, 5) is 1.51. The van der Waals surface area contributed by atoms with Crippen LogP contribution in [0, 0.1) is 5.92 Å². The predicted octanol–water partition coefficient (Wildman–Crippen LogP) is 3.39. The first-order valence-electron chi connectivity index (χ1n) is 5.34. The Balaban J connectivity index is 1.96. The van der Waals surface area contributed by atoms with Crippen LogP contribution in [0.1, 0.15) is 11.8 Å². The number of rotatable bonds is 4. The highest BCUT2D eigenvalue weighted by Crippen LogP contribution is 2.32. The molecule has 1 nitrogen and oxygen atoms in total. The summed E-state index contributed by atoms with van der Waals surface area (Å²) in [6.45, 7) is 3.29. The van der Waals surface area contributed by atoms with Gasteiger partial charge in [-0.1, -0.05) is 6.92 Å². The number of hydrogen-bond acceptors (Lipinski definition) is 3. The van der Waals surface area contributed by atoms with Gasteiger partial charge in [-0.15, -0.1) is 11.3 Å². The quantitative estimate of drug-likeness (QED) is 0.915. The van der Waals surface area contributed by atoms with E-state index in [0.717, 1.165) is 12.5 Å². The average Bonchev–Trinajstić information content (AvgIpc) is 2.80. The van der Waals surface area contributed by atoms with Crippen LogP contribution < -0.4 is 5.32 Å². The molecule has 15 heavy (non-hydrogen) atoms. The van der Waals surface area contributed by atoms with Gasteiger partial charge in [-0.05, 0) is 52.0 Å². The highest BCUT2D eigenvalue weighted by Gasteiger charge is 2.27. The van der Waals surface area contributed by atoms with E-state index in [2.05, 4.69) is 51.4 Å². The summed E-state index contributed by atoms with van der Waals surface area (Å²) in [5, 5.41) is 5.77. The molecular weight excluding hydrogens is 290 g/mol. The van der Waals surface area contributed by atoms with E-state index in [4.69, 9.17) is 0 Å². The Hall–Kier alpha value is 0.490. The largest absolute Gasteiger partial charge is 0.313 e. The second kappa shape index (κ2) is 5.71. The molecule has 1 aliphatic rings. The second-order valence-electron chi connectivity index (χ2n) is 3.86. The van der Waals surface area contributed by atoms with E-state index in [-0.39, 0.29) is 0 Å². The average molecular weight is 306 g/mol. The van der Waals surface area contributed by atoms with Gasteiger partial charge in [0.15, 0.2) is 0 Å². The van der Waals surface area contributed by atoms with Crippen LogP contribution >= 0.6 is 39.0 Å². The number of thiophene rings is 1. The molecule has 0 saturated carbocycles.